The van der Waals surface area contributed by atoms with Crippen LogP contribution in [0, 0.1) is 11.3 Å². The van der Waals surface area contributed by atoms with Gasteiger partial charge in [-0.15, -0.1) is 0 Å². The molecule has 9 nitrogen and oxygen atoms in total. The van der Waals surface area contributed by atoms with E-state index in [-0.39, 0.29) is 11.8 Å². The highest BCUT2D eigenvalue weighted by molar-refractivity contribution is 6.04. The zero-order chi connectivity index (χ0) is 25.8. The van der Waals surface area contributed by atoms with Crippen molar-refractivity contribution in [3.05, 3.63) is 108 Å². The summed E-state index contributed by atoms with van der Waals surface area (Å²) in [6, 6.07) is 17.9. The number of amides is 2. The third-order valence-corrected chi connectivity index (χ3v) is 5.93. The smallest absolute Gasteiger partial charge is 0.255 e. The van der Waals surface area contributed by atoms with E-state index in [1.54, 1.807) is 59.9 Å². The van der Waals surface area contributed by atoms with Crippen LogP contribution in [0.4, 0.5) is 17.3 Å². The lowest BCUT2D eigenvalue weighted by atomic mass is 10.1. The van der Waals surface area contributed by atoms with Gasteiger partial charge >= 0.3 is 0 Å². The van der Waals surface area contributed by atoms with Gasteiger partial charge in [-0.3, -0.25) is 14.6 Å². The Hall–Kier alpha value is -5.36. The molecule has 0 spiro atoms. The van der Waals surface area contributed by atoms with Crippen LogP contribution in [0.15, 0.2) is 85.8 Å². The van der Waals surface area contributed by atoms with E-state index in [0.29, 0.717) is 47.2 Å². The van der Waals surface area contributed by atoms with Gasteiger partial charge in [0.15, 0.2) is 0 Å². The minimum absolute atomic E-state index is 0.144. The van der Waals surface area contributed by atoms with E-state index in [9.17, 15) is 14.9 Å². The molecule has 0 radical (unpaired) electrons. The molecule has 37 heavy (non-hydrogen) atoms. The molecule has 0 fully saturated rings. The molecule has 5 rings (SSSR count). The van der Waals surface area contributed by atoms with Crippen molar-refractivity contribution in [3.8, 4) is 17.3 Å². The topological polar surface area (TPSA) is 124 Å². The van der Waals surface area contributed by atoms with Crippen LogP contribution in [0.1, 0.15) is 27.0 Å². The molecule has 180 valence electrons. The molecule has 0 saturated heterocycles. The Morgan fingerprint density at radius 3 is 2.70 bits per heavy atom. The summed E-state index contributed by atoms with van der Waals surface area (Å²) >= 11 is 0. The van der Waals surface area contributed by atoms with E-state index in [2.05, 4.69) is 38.2 Å². The number of nitrogens with zero attached hydrogens (tertiary/aromatic N) is 5. The van der Waals surface area contributed by atoms with E-state index in [1.807, 2.05) is 18.2 Å². The lowest BCUT2D eigenvalue weighted by Crippen LogP contribution is -2.22. The number of anilines is 3. The highest BCUT2D eigenvalue weighted by atomic mass is 16.2. The normalized spacial score (nSPS) is 11.8. The number of hydrogen-bond donors (Lipinski definition) is 2. The third-order valence-electron chi connectivity index (χ3n) is 5.93. The number of carbonyl (C=O) groups is 2. The minimum atomic E-state index is -0.304. The maximum absolute atomic E-state index is 13.0. The summed E-state index contributed by atoms with van der Waals surface area (Å²) in [6.45, 7) is 4.47. The lowest BCUT2D eigenvalue weighted by Gasteiger charge is -2.12. The van der Waals surface area contributed by atoms with E-state index >= 15 is 0 Å². The van der Waals surface area contributed by atoms with Crippen molar-refractivity contribution in [2.75, 3.05) is 10.6 Å². The molecule has 9 heteroatoms. The Bertz CT molecular complexity index is 1560. The second-order valence-electron chi connectivity index (χ2n) is 8.34. The van der Waals surface area contributed by atoms with Crippen LogP contribution in [0.3, 0.4) is 0 Å². The predicted molar refractivity (Wildman–Crippen MR) is 139 cm³/mol. The number of fused-ring (bicyclic) bond motifs is 1. The van der Waals surface area contributed by atoms with Crippen LogP contribution in [0.5, 0.6) is 0 Å². The number of aromatic nitrogens is 3. The summed E-state index contributed by atoms with van der Waals surface area (Å²) in [5.41, 5.74) is 5.24. The van der Waals surface area contributed by atoms with Crippen molar-refractivity contribution >= 4 is 29.1 Å². The quantitative estimate of drug-likeness (QED) is 0.386. The molecule has 1 aliphatic heterocycles. The van der Waals surface area contributed by atoms with Gasteiger partial charge in [-0.2, -0.15) is 5.26 Å². The molecule has 2 aromatic carbocycles. The molecular weight excluding hydrogens is 466 g/mol. The Labute approximate surface area is 213 Å². The molecule has 2 amide bonds. The summed E-state index contributed by atoms with van der Waals surface area (Å²) in [4.78, 5) is 39.5. The van der Waals surface area contributed by atoms with Crippen LogP contribution in [0.2, 0.25) is 0 Å². The van der Waals surface area contributed by atoms with E-state index in [4.69, 9.17) is 0 Å². The van der Waals surface area contributed by atoms with Gasteiger partial charge in [0.25, 0.3) is 5.91 Å². The van der Waals surface area contributed by atoms with Gasteiger partial charge in [0.05, 0.1) is 16.9 Å². The Morgan fingerprint density at radius 1 is 1.05 bits per heavy atom. The van der Waals surface area contributed by atoms with E-state index in [0.717, 1.165) is 16.7 Å². The molecule has 1 aliphatic rings. The fraction of sp³-hybridized carbons (Fsp3) is 0.0714. The zero-order valence-electron chi connectivity index (χ0n) is 19.7. The zero-order valence-corrected chi connectivity index (χ0v) is 19.7. The van der Waals surface area contributed by atoms with Gasteiger partial charge in [0, 0.05) is 48.5 Å². The SMILES string of the molecule is C=CC(=O)N1Cc2ccc(C(=O)Nc3ccc(C#N)c(Nc4nccc(-c5cccnc5)n4)c3)cc2C1. The van der Waals surface area contributed by atoms with Crippen molar-refractivity contribution in [3.63, 3.8) is 0 Å². The number of nitrogens with one attached hydrogen (secondary N) is 2. The van der Waals surface area contributed by atoms with Gasteiger partial charge in [0.2, 0.25) is 11.9 Å². The second-order valence-corrected chi connectivity index (χ2v) is 8.34. The number of rotatable bonds is 6. The summed E-state index contributed by atoms with van der Waals surface area (Å²) in [5, 5.41) is 15.5. The summed E-state index contributed by atoms with van der Waals surface area (Å²) in [6.07, 6.45) is 6.30. The Kier molecular flexibility index (Phi) is 6.38. The molecular formula is C28H21N7O2. The standard InChI is InChI=1S/C28H21N7O2/c1-2-26(36)35-16-21-6-5-18(12-22(21)17-35)27(37)32-23-8-7-19(14-29)25(13-23)34-28-31-11-9-24(33-28)20-4-3-10-30-15-20/h2-13,15H,1,16-17H2,(H,32,37)(H,31,33,34). The first kappa shape index (κ1) is 23.4. The monoisotopic (exact) mass is 487 g/mol. The third kappa shape index (κ3) is 5.04. The molecule has 2 N–H and O–H groups in total. The number of hydrogen-bond acceptors (Lipinski definition) is 7. The van der Waals surface area contributed by atoms with Crippen molar-refractivity contribution in [1.29, 1.82) is 5.26 Å². The molecule has 0 bridgehead atoms. The van der Waals surface area contributed by atoms with E-state index in [1.165, 1.54) is 6.08 Å². The van der Waals surface area contributed by atoms with Crippen molar-refractivity contribution in [2.45, 2.75) is 13.1 Å². The number of pyridine rings is 1. The molecule has 0 atom stereocenters. The molecule has 0 aliphatic carbocycles. The average Bonchev–Trinajstić information content (AvgIpc) is 3.37. The van der Waals surface area contributed by atoms with Crippen molar-refractivity contribution < 1.29 is 9.59 Å². The summed E-state index contributed by atoms with van der Waals surface area (Å²) in [5.74, 6) is -0.143. The molecule has 0 saturated carbocycles. The molecule has 4 aromatic rings. The average molecular weight is 488 g/mol. The Morgan fingerprint density at radius 2 is 1.92 bits per heavy atom. The fourth-order valence-corrected chi connectivity index (χ4v) is 4.06. The summed E-state index contributed by atoms with van der Waals surface area (Å²) in [7, 11) is 0. The van der Waals surface area contributed by atoms with Crippen LogP contribution >= 0.6 is 0 Å². The van der Waals surface area contributed by atoms with Gasteiger partial charge < -0.3 is 15.5 Å². The maximum atomic E-state index is 13.0. The number of nitriles is 1. The predicted octanol–water partition coefficient (Wildman–Crippen LogP) is 4.43. The van der Waals surface area contributed by atoms with Gasteiger partial charge in [-0.1, -0.05) is 12.6 Å². The fourth-order valence-electron chi connectivity index (χ4n) is 4.06. The van der Waals surface area contributed by atoms with Crippen LogP contribution in [-0.4, -0.2) is 31.7 Å². The highest BCUT2D eigenvalue weighted by Crippen LogP contribution is 2.27. The highest BCUT2D eigenvalue weighted by Gasteiger charge is 2.23. The largest absolute Gasteiger partial charge is 0.331 e. The maximum Gasteiger partial charge on any atom is 0.255 e. The van der Waals surface area contributed by atoms with Crippen molar-refractivity contribution in [1.82, 2.24) is 19.9 Å². The molecule has 3 heterocycles. The first-order valence-electron chi connectivity index (χ1n) is 11.4. The Balaban J connectivity index is 1.34. The number of carbonyl (C=O) groups excluding carboxylic acids is 2. The van der Waals surface area contributed by atoms with Crippen LogP contribution in [-0.2, 0) is 17.9 Å². The first-order chi connectivity index (χ1) is 18.0. The van der Waals surface area contributed by atoms with Gasteiger partial charge in [-0.25, -0.2) is 9.97 Å². The van der Waals surface area contributed by atoms with Gasteiger partial charge in [-0.05, 0) is 65.7 Å². The minimum Gasteiger partial charge on any atom is -0.331 e. The van der Waals surface area contributed by atoms with Crippen LogP contribution in [0.25, 0.3) is 11.3 Å². The summed E-state index contributed by atoms with van der Waals surface area (Å²) < 4.78 is 0. The second kappa shape index (κ2) is 10.1. The van der Waals surface area contributed by atoms with Crippen molar-refractivity contribution in [2.24, 2.45) is 0 Å². The van der Waals surface area contributed by atoms with E-state index < -0.39 is 0 Å². The van der Waals surface area contributed by atoms with Gasteiger partial charge in [0.1, 0.15) is 6.07 Å². The van der Waals surface area contributed by atoms with Crippen LogP contribution < -0.4 is 10.6 Å². The first-order valence-corrected chi connectivity index (χ1v) is 11.4. The lowest BCUT2D eigenvalue weighted by molar-refractivity contribution is -0.126. The molecule has 0 unspecified atom stereocenters. The number of benzene rings is 2. The molecule has 2 aromatic heterocycles.